The van der Waals surface area contributed by atoms with Gasteiger partial charge in [0.1, 0.15) is 21.6 Å². The lowest BCUT2D eigenvalue weighted by Gasteiger charge is -2.11. The topological polar surface area (TPSA) is 110 Å². The molecule has 0 saturated heterocycles. The van der Waals surface area contributed by atoms with Gasteiger partial charge in [-0.15, -0.1) is 11.3 Å². The third-order valence-electron chi connectivity index (χ3n) is 2.33. The zero-order valence-corrected chi connectivity index (χ0v) is 12.2. The quantitative estimate of drug-likeness (QED) is 0.870. The van der Waals surface area contributed by atoms with Crippen LogP contribution in [0.1, 0.15) is 30.4 Å². The van der Waals surface area contributed by atoms with Crippen LogP contribution >= 0.6 is 11.3 Å². The number of aryl methyl sites for hydroxylation is 1. The molecule has 0 bridgehead atoms. The van der Waals surface area contributed by atoms with E-state index >= 15 is 0 Å². The highest BCUT2D eigenvalue weighted by molar-refractivity contribution is 7.17. The molecule has 8 heteroatoms. The van der Waals surface area contributed by atoms with E-state index in [1.807, 2.05) is 13.8 Å². The number of hydrogen-bond acceptors (Lipinski definition) is 8. The van der Waals surface area contributed by atoms with Gasteiger partial charge >= 0.3 is 0 Å². The molecule has 0 amide bonds. The molecule has 2 heterocycles. The standard InChI is InChI=1S/C12H15N5O2S/c1-6(2)18-11-10(14)8(4-13)20-12(11)15-5-9-16-7(3)19-17-9/h6,15H,5,14H2,1-3H3. The highest BCUT2D eigenvalue weighted by Gasteiger charge is 2.18. The average Bonchev–Trinajstić information content (AvgIpc) is 2.93. The van der Waals surface area contributed by atoms with E-state index in [0.29, 0.717) is 39.6 Å². The number of thiophene rings is 1. The van der Waals surface area contributed by atoms with Crippen LogP contribution in [0.4, 0.5) is 10.7 Å². The first-order valence-corrected chi connectivity index (χ1v) is 6.85. The Bertz CT molecular complexity index is 641. The van der Waals surface area contributed by atoms with Gasteiger partial charge < -0.3 is 20.3 Å². The number of ether oxygens (including phenoxy) is 1. The summed E-state index contributed by atoms with van der Waals surface area (Å²) in [6, 6.07) is 2.06. The molecular formula is C12H15N5O2S. The van der Waals surface area contributed by atoms with Gasteiger partial charge in [-0.05, 0) is 13.8 Å². The molecule has 0 aliphatic rings. The number of nitrogen functional groups attached to an aromatic ring is 1. The van der Waals surface area contributed by atoms with Gasteiger partial charge in [0.05, 0.1) is 12.6 Å². The molecule has 0 radical (unpaired) electrons. The predicted octanol–water partition coefficient (Wildman–Crippen LogP) is 2.29. The third-order valence-corrected chi connectivity index (χ3v) is 3.38. The van der Waals surface area contributed by atoms with Crippen LogP contribution in [-0.4, -0.2) is 16.2 Å². The molecule has 0 aliphatic heterocycles. The second kappa shape index (κ2) is 5.79. The zero-order chi connectivity index (χ0) is 14.7. The molecule has 2 rings (SSSR count). The lowest BCUT2D eigenvalue weighted by molar-refractivity contribution is 0.246. The molecule has 2 aromatic heterocycles. The minimum absolute atomic E-state index is 0.0357. The highest BCUT2D eigenvalue weighted by atomic mass is 32.1. The molecule has 0 spiro atoms. The lowest BCUT2D eigenvalue weighted by atomic mass is 10.3. The van der Waals surface area contributed by atoms with Gasteiger partial charge in [0.2, 0.25) is 5.89 Å². The molecule has 0 fully saturated rings. The van der Waals surface area contributed by atoms with Crippen molar-refractivity contribution in [3.63, 3.8) is 0 Å². The van der Waals surface area contributed by atoms with Gasteiger partial charge in [0.15, 0.2) is 11.6 Å². The Balaban J connectivity index is 2.19. The van der Waals surface area contributed by atoms with Crippen molar-refractivity contribution < 1.29 is 9.26 Å². The summed E-state index contributed by atoms with van der Waals surface area (Å²) in [5, 5.41) is 16.6. The Kier molecular flexibility index (Phi) is 4.10. The largest absolute Gasteiger partial charge is 0.486 e. The van der Waals surface area contributed by atoms with E-state index in [1.165, 1.54) is 11.3 Å². The fourth-order valence-corrected chi connectivity index (χ4v) is 2.40. The maximum absolute atomic E-state index is 9.04. The maximum Gasteiger partial charge on any atom is 0.223 e. The second-order valence-corrected chi connectivity index (χ2v) is 5.39. The minimum atomic E-state index is -0.0357. The minimum Gasteiger partial charge on any atom is -0.486 e. The monoisotopic (exact) mass is 293 g/mol. The van der Waals surface area contributed by atoms with Crippen LogP contribution in [0.3, 0.4) is 0 Å². The van der Waals surface area contributed by atoms with Crippen LogP contribution in [-0.2, 0) is 6.54 Å². The maximum atomic E-state index is 9.04. The number of nitriles is 1. The van der Waals surface area contributed by atoms with Crippen molar-refractivity contribution in [3.05, 3.63) is 16.6 Å². The summed E-state index contributed by atoms with van der Waals surface area (Å²) in [5.74, 6) is 1.54. The Morgan fingerprint density at radius 3 is 2.85 bits per heavy atom. The van der Waals surface area contributed by atoms with Gasteiger partial charge in [0.25, 0.3) is 0 Å². The Labute approximate surface area is 120 Å². The normalized spacial score (nSPS) is 10.6. The van der Waals surface area contributed by atoms with Gasteiger partial charge in [-0.3, -0.25) is 0 Å². The van der Waals surface area contributed by atoms with Crippen LogP contribution in [0, 0.1) is 18.3 Å². The van der Waals surface area contributed by atoms with Crippen molar-refractivity contribution in [3.8, 4) is 11.8 Å². The van der Waals surface area contributed by atoms with E-state index in [-0.39, 0.29) is 6.10 Å². The van der Waals surface area contributed by atoms with Gasteiger partial charge in [-0.2, -0.15) is 10.2 Å². The van der Waals surface area contributed by atoms with E-state index in [1.54, 1.807) is 6.92 Å². The molecule has 0 aliphatic carbocycles. The van der Waals surface area contributed by atoms with Crippen molar-refractivity contribution in [1.82, 2.24) is 10.1 Å². The van der Waals surface area contributed by atoms with Crippen molar-refractivity contribution in [2.45, 2.75) is 33.4 Å². The molecule has 0 unspecified atom stereocenters. The summed E-state index contributed by atoms with van der Waals surface area (Å²) in [5.41, 5.74) is 6.27. The number of hydrogen-bond donors (Lipinski definition) is 2. The Morgan fingerprint density at radius 1 is 1.55 bits per heavy atom. The second-order valence-electron chi connectivity index (χ2n) is 4.36. The molecule has 0 atom stereocenters. The predicted molar refractivity (Wildman–Crippen MR) is 75.6 cm³/mol. The number of nitrogens with one attached hydrogen (secondary N) is 1. The fourth-order valence-electron chi connectivity index (χ4n) is 1.55. The molecule has 106 valence electrons. The number of anilines is 2. The van der Waals surface area contributed by atoms with Crippen LogP contribution in [0.2, 0.25) is 0 Å². The summed E-state index contributed by atoms with van der Waals surface area (Å²) in [6.45, 7) is 5.89. The van der Waals surface area contributed by atoms with E-state index in [0.717, 1.165) is 0 Å². The molecule has 2 aromatic rings. The van der Waals surface area contributed by atoms with E-state index < -0.39 is 0 Å². The number of nitrogens with two attached hydrogens (primary N) is 1. The summed E-state index contributed by atoms with van der Waals surface area (Å²) in [4.78, 5) is 4.52. The first kappa shape index (κ1) is 14.1. The molecule has 0 saturated carbocycles. The van der Waals surface area contributed by atoms with Crippen LogP contribution in [0.5, 0.6) is 5.75 Å². The highest BCUT2D eigenvalue weighted by Crippen LogP contribution is 2.42. The van der Waals surface area contributed by atoms with E-state index in [4.69, 9.17) is 20.3 Å². The van der Waals surface area contributed by atoms with Crippen molar-refractivity contribution in [2.75, 3.05) is 11.1 Å². The van der Waals surface area contributed by atoms with Crippen LogP contribution < -0.4 is 15.8 Å². The lowest BCUT2D eigenvalue weighted by Crippen LogP contribution is -2.09. The zero-order valence-electron chi connectivity index (χ0n) is 11.4. The average molecular weight is 293 g/mol. The summed E-state index contributed by atoms with van der Waals surface area (Å²) in [7, 11) is 0. The summed E-state index contributed by atoms with van der Waals surface area (Å²) in [6.07, 6.45) is -0.0357. The van der Waals surface area contributed by atoms with Crippen molar-refractivity contribution in [1.29, 1.82) is 5.26 Å². The Morgan fingerprint density at radius 2 is 2.30 bits per heavy atom. The fraction of sp³-hybridized carbons (Fsp3) is 0.417. The molecule has 0 aromatic carbocycles. The molecule has 3 N–H and O–H groups in total. The van der Waals surface area contributed by atoms with Gasteiger partial charge in [-0.25, -0.2) is 0 Å². The van der Waals surface area contributed by atoms with E-state index in [9.17, 15) is 0 Å². The number of nitrogens with zero attached hydrogens (tertiary/aromatic N) is 3. The molecule has 7 nitrogen and oxygen atoms in total. The SMILES string of the molecule is Cc1nc(CNc2sc(C#N)c(N)c2OC(C)C)no1. The first-order chi connectivity index (χ1) is 9.51. The van der Waals surface area contributed by atoms with Crippen molar-refractivity contribution >= 4 is 22.0 Å². The smallest absolute Gasteiger partial charge is 0.223 e. The van der Waals surface area contributed by atoms with Crippen molar-refractivity contribution in [2.24, 2.45) is 0 Å². The first-order valence-electron chi connectivity index (χ1n) is 6.03. The van der Waals surface area contributed by atoms with Gasteiger partial charge in [-0.1, -0.05) is 5.16 Å². The number of aromatic nitrogens is 2. The molecular weight excluding hydrogens is 278 g/mol. The summed E-state index contributed by atoms with van der Waals surface area (Å²) < 4.78 is 10.6. The van der Waals surface area contributed by atoms with Gasteiger partial charge in [0, 0.05) is 6.92 Å². The third kappa shape index (κ3) is 3.00. The molecule has 20 heavy (non-hydrogen) atoms. The van der Waals surface area contributed by atoms with E-state index in [2.05, 4.69) is 21.5 Å². The number of rotatable bonds is 5. The summed E-state index contributed by atoms with van der Waals surface area (Å²) >= 11 is 1.25. The van der Waals surface area contributed by atoms with Crippen LogP contribution in [0.15, 0.2) is 4.52 Å². The van der Waals surface area contributed by atoms with Crippen LogP contribution in [0.25, 0.3) is 0 Å². The Hall–Kier alpha value is -2.27.